The van der Waals surface area contributed by atoms with Gasteiger partial charge in [-0.2, -0.15) is 0 Å². The van der Waals surface area contributed by atoms with Crippen LogP contribution in [0.4, 0.5) is 0 Å². The van der Waals surface area contributed by atoms with E-state index < -0.39 is 67.4 Å². The van der Waals surface area contributed by atoms with Crippen LogP contribution in [0.2, 0.25) is 0 Å². The highest BCUT2D eigenvalue weighted by Crippen LogP contribution is 2.26. The fourth-order valence-corrected chi connectivity index (χ4v) is 8.60. The fourth-order valence-electron chi connectivity index (χ4n) is 8.60. The number of ether oxygens (including phenoxy) is 3. The smallest absolute Gasteiger partial charge is 0.306 e. The van der Waals surface area contributed by atoms with Gasteiger partial charge in [-0.1, -0.05) is 229 Å². The van der Waals surface area contributed by atoms with E-state index >= 15 is 0 Å². The number of nitrogens with one attached hydrogen (secondary N) is 1. The van der Waals surface area contributed by atoms with Crippen LogP contribution in [0.25, 0.3) is 0 Å². The van der Waals surface area contributed by atoms with Crippen molar-refractivity contribution < 1.29 is 49.3 Å². The Labute approximate surface area is 432 Å². The summed E-state index contributed by atoms with van der Waals surface area (Å²) in [6.07, 6.45) is 49.4. The lowest BCUT2D eigenvalue weighted by Crippen LogP contribution is -2.61. The Bertz CT molecular complexity index is 1430. The molecule has 0 radical (unpaired) electrons. The number of carbonyl (C=O) groups excluding carboxylic acids is 2. The van der Waals surface area contributed by atoms with Crippen molar-refractivity contribution in [3.8, 4) is 0 Å². The Morgan fingerprint density at radius 1 is 0.563 bits per heavy atom. The quantitative estimate of drug-likeness (QED) is 0.0149. The number of carbonyl (C=O) groups is 2. The summed E-state index contributed by atoms with van der Waals surface area (Å²) in [5.41, 5.74) is 0. The molecule has 0 bridgehead atoms. The summed E-state index contributed by atoms with van der Waals surface area (Å²) in [6, 6.07) is -1.04. The van der Waals surface area contributed by atoms with Gasteiger partial charge in [-0.05, 0) is 70.6 Å². The number of aliphatic hydroxyl groups excluding tert-OH is 5. The van der Waals surface area contributed by atoms with Crippen molar-refractivity contribution in [3.05, 3.63) is 72.9 Å². The molecule has 1 saturated heterocycles. The number of amides is 1. The van der Waals surface area contributed by atoms with Crippen molar-refractivity contribution in [1.29, 1.82) is 0 Å². The first kappa shape index (κ1) is 66.1. The van der Waals surface area contributed by atoms with Crippen LogP contribution in [0.3, 0.4) is 0 Å². The number of allylic oxidation sites excluding steroid dienone is 11. The zero-order chi connectivity index (χ0) is 51.8. The molecule has 0 aliphatic carbocycles. The van der Waals surface area contributed by atoms with Crippen LogP contribution in [0.1, 0.15) is 233 Å². The molecule has 410 valence electrons. The largest absolute Gasteiger partial charge is 0.454 e. The van der Waals surface area contributed by atoms with Crippen LogP contribution < -0.4 is 5.32 Å². The maximum Gasteiger partial charge on any atom is 0.306 e. The number of aliphatic hydroxyl groups is 5. The summed E-state index contributed by atoms with van der Waals surface area (Å²) in [4.78, 5) is 26.4. The first-order chi connectivity index (χ1) is 34.7. The molecule has 0 spiro atoms. The van der Waals surface area contributed by atoms with Gasteiger partial charge in [-0.25, -0.2) is 0 Å². The lowest BCUT2D eigenvalue weighted by atomic mass is 9.99. The normalized spacial score (nSPS) is 20.1. The van der Waals surface area contributed by atoms with Gasteiger partial charge < -0.3 is 45.1 Å². The highest BCUT2D eigenvalue weighted by atomic mass is 16.7. The molecule has 1 aliphatic heterocycles. The molecule has 1 fully saturated rings. The molecule has 11 heteroatoms. The summed E-state index contributed by atoms with van der Waals surface area (Å²) in [6.45, 7) is 5.60. The van der Waals surface area contributed by atoms with Gasteiger partial charge in [0, 0.05) is 6.42 Å². The van der Waals surface area contributed by atoms with Crippen molar-refractivity contribution in [2.24, 2.45) is 0 Å². The van der Waals surface area contributed by atoms with E-state index in [1.54, 1.807) is 6.08 Å². The molecule has 0 aromatic rings. The molecule has 6 N–H and O–H groups in total. The molecule has 1 aliphatic rings. The molecule has 8 atom stereocenters. The third-order valence-corrected chi connectivity index (χ3v) is 13.2. The second kappa shape index (κ2) is 48.1. The standard InChI is InChI=1S/C60H105NO10/c1-4-7-10-13-16-19-22-24-26-27-28-30-33-36-39-42-45-48-55(65)71-58-57(67)56(66)54(49-62)70-60(58)69-50-51(52(63)46-43-40-37-34-31-21-18-15-12-9-6-3)61-59(68)53(64)47-44-41-38-35-32-29-25-23-20-17-14-11-8-5-2/h8,11,14,17,20,23-26,29,43,46,51-54,56-58,60,62-64,66-67H,4-7,9-10,12-13,15-16,18-19,21-22,27-28,30-42,44-45,47-50H2,1-3H3,(H,61,68)/b11-8+,17-14+,23-20+,26-24+,29-25-,46-43+. The first-order valence-electron chi connectivity index (χ1n) is 28.8. The number of rotatable bonds is 47. The van der Waals surface area contributed by atoms with Gasteiger partial charge in [0.25, 0.3) is 0 Å². The van der Waals surface area contributed by atoms with E-state index in [0.29, 0.717) is 12.8 Å². The minimum atomic E-state index is -1.62. The maximum atomic E-state index is 13.3. The van der Waals surface area contributed by atoms with Crippen LogP contribution in [-0.4, -0.2) is 99.6 Å². The average Bonchev–Trinajstić information content (AvgIpc) is 3.37. The van der Waals surface area contributed by atoms with E-state index in [2.05, 4.69) is 50.4 Å². The Kier molecular flexibility index (Phi) is 44.8. The minimum Gasteiger partial charge on any atom is -0.454 e. The van der Waals surface area contributed by atoms with E-state index in [9.17, 15) is 35.1 Å². The van der Waals surface area contributed by atoms with Crippen LogP contribution in [-0.2, 0) is 23.8 Å². The van der Waals surface area contributed by atoms with E-state index in [1.807, 2.05) is 42.5 Å². The molecule has 1 amide bonds. The second-order valence-corrected chi connectivity index (χ2v) is 19.7. The molecule has 0 saturated carbocycles. The summed E-state index contributed by atoms with van der Waals surface area (Å²) >= 11 is 0. The summed E-state index contributed by atoms with van der Waals surface area (Å²) < 4.78 is 17.6. The van der Waals surface area contributed by atoms with Gasteiger partial charge in [0.2, 0.25) is 5.91 Å². The van der Waals surface area contributed by atoms with Gasteiger partial charge in [-0.15, -0.1) is 0 Å². The third-order valence-electron chi connectivity index (χ3n) is 13.2. The van der Waals surface area contributed by atoms with Gasteiger partial charge in [0.05, 0.1) is 25.4 Å². The minimum absolute atomic E-state index is 0.113. The molecule has 0 aromatic carbocycles. The lowest BCUT2D eigenvalue weighted by Gasteiger charge is -2.41. The molecule has 1 rings (SSSR count). The van der Waals surface area contributed by atoms with Gasteiger partial charge in [0.15, 0.2) is 12.4 Å². The molecular weight excluding hydrogens is 895 g/mol. The van der Waals surface area contributed by atoms with Crippen molar-refractivity contribution in [2.45, 2.75) is 282 Å². The fraction of sp³-hybridized carbons (Fsp3) is 0.767. The van der Waals surface area contributed by atoms with Gasteiger partial charge >= 0.3 is 5.97 Å². The molecule has 0 aromatic heterocycles. The second-order valence-electron chi connectivity index (χ2n) is 19.7. The number of esters is 1. The summed E-state index contributed by atoms with van der Waals surface area (Å²) in [7, 11) is 0. The summed E-state index contributed by atoms with van der Waals surface area (Å²) in [5.74, 6) is -1.23. The Morgan fingerprint density at radius 2 is 1.03 bits per heavy atom. The maximum absolute atomic E-state index is 13.3. The van der Waals surface area contributed by atoms with Crippen molar-refractivity contribution >= 4 is 11.9 Å². The predicted octanol–water partition coefficient (Wildman–Crippen LogP) is 12.8. The number of unbranched alkanes of at least 4 members (excludes halogenated alkanes) is 26. The van der Waals surface area contributed by atoms with Crippen molar-refractivity contribution in [1.82, 2.24) is 5.32 Å². The van der Waals surface area contributed by atoms with Crippen LogP contribution >= 0.6 is 0 Å². The Morgan fingerprint density at radius 3 is 1.56 bits per heavy atom. The van der Waals surface area contributed by atoms with Crippen molar-refractivity contribution in [3.63, 3.8) is 0 Å². The predicted molar refractivity (Wildman–Crippen MR) is 292 cm³/mol. The topological polar surface area (TPSA) is 175 Å². The molecule has 1 heterocycles. The summed E-state index contributed by atoms with van der Waals surface area (Å²) in [5, 5.41) is 56.7. The first-order valence-corrected chi connectivity index (χ1v) is 28.8. The highest BCUT2D eigenvalue weighted by Gasteiger charge is 2.47. The van der Waals surface area contributed by atoms with Crippen LogP contribution in [0, 0.1) is 0 Å². The van der Waals surface area contributed by atoms with Crippen molar-refractivity contribution in [2.75, 3.05) is 13.2 Å². The van der Waals surface area contributed by atoms with E-state index in [4.69, 9.17) is 14.2 Å². The zero-order valence-corrected chi connectivity index (χ0v) is 45.1. The van der Waals surface area contributed by atoms with E-state index in [1.165, 1.54) is 96.3 Å². The molecule has 71 heavy (non-hydrogen) atoms. The zero-order valence-electron chi connectivity index (χ0n) is 45.1. The average molecular weight is 1000 g/mol. The molecular formula is C60H105NO10. The van der Waals surface area contributed by atoms with E-state index in [-0.39, 0.29) is 19.4 Å². The van der Waals surface area contributed by atoms with Gasteiger partial charge in [-0.3, -0.25) is 9.59 Å². The van der Waals surface area contributed by atoms with Gasteiger partial charge in [0.1, 0.15) is 24.4 Å². The number of hydrogen-bond donors (Lipinski definition) is 6. The Hall–Kier alpha value is -2.90. The number of hydrogen-bond acceptors (Lipinski definition) is 10. The van der Waals surface area contributed by atoms with Crippen LogP contribution in [0.5, 0.6) is 0 Å². The molecule has 11 nitrogen and oxygen atoms in total. The highest BCUT2D eigenvalue weighted by molar-refractivity contribution is 5.80. The Balaban J connectivity index is 2.73. The third kappa shape index (κ3) is 36.6. The monoisotopic (exact) mass is 1000 g/mol. The van der Waals surface area contributed by atoms with Crippen LogP contribution in [0.15, 0.2) is 72.9 Å². The lowest BCUT2D eigenvalue weighted by molar-refractivity contribution is -0.305. The molecule has 8 unspecified atom stereocenters. The SMILES string of the molecule is CC/C=C/C=C/C=C/C=C\CCCCCCC(O)C(=O)NC(COC1OC(CO)C(O)C(O)C1OC(=O)CCCCCCCCC/C=C/CCCCCCCC)C(O)/C=C/CCCCCCCCCCC. The van der Waals surface area contributed by atoms with E-state index in [0.717, 1.165) is 89.9 Å².